The SMILES string of the molecule is COc1ccc2c(OC3CC4C(=O)NC5(C(=O)NS(=O)(=O)C6CC6)CC5/C=C\CCCCNC(=O)N4C3)cc(-c3nc(C(C)C)cs3)nc2c1. The Hall–Kier alpha value is -4.24. The molecule has 0 radical (unpaired) electrons. The number of urea groups is 1. The number of carbonyl (C=O) groups excluding carboxylic acids is 3. The highest BCUT2D eigenvalue weighted by Crippen LogP contribution is 2.46. The van der Waals surface area contributed by atoms with E-state index in [0.717, 1.165) is 35.4 Å². The van der Waals surface area contributed by atoms with Crippen LogP contribution >= 0.6 is 11.3 Å². The lowest BCUT2D eigenvalue weighted by Crippen LogP contribution is -2.57. The fourth-order valence-electron chi connectivity index (χ4n) is 6.63. The summed E-state index contributed by atoms with van der Waals surface area (Å²) in [5.41, 5.74) is 0.824. The maximum Gasteiger partial charge on any atom is 0.318 e. The summed E-state index contributed by atoms with van der Waals surface area (Å²) in [7, 11) is -2.24. The molecule has 3 fully saturated rings. The zero-order valence-corrected chi connectivity index (χ0v) is 29.9. The number of rotatable bonds is 8. The van der Waals surface area contributed by atoms with Crippen LogP contribution in [0.5, 0.6) is 11.5 Å². The Morgan fingerprint density at radius 3 is 2.72 bits per heavy atom. The van der Waals surface area contributed by atoms with Gasteiger partial charge < -0.3 is 25.0 Å². The van der Waals surface area contributed by atoms with Crippen LogP contribution in [0, 0.1) is 5.92 Å². The minimum atomic E-state index is -3.83. The molecule has 4 amide bonds. The molecule has 0 spiro atoms. The number of ether oxygens (including phenoxy) is 2. The first kappa shape index (κ1) is 34.2. The van der Waals surface area contributed by atoms with E-state index in [1.165, 1.54) is 16.2 Å². The third-order valence-electron chi connectivity index (χ3n) is 9.84. The predicted octanol–water partition coefficient (Wildman–Crippen LogP) is 4.25. The van der Waals surface area contributed by atoms with Crippen molar-refractivity contribution in [3.8, 4) is 22.2 Å². The molecule has 50 heavy (non-hydrogen) atoms. The van der Waals surface area contributed by atoms with Gasteiger partial charge in [-0.25, -0.2) is 23.2 Å². The number of aromatic nitrogens is 2. The van der Waals surface area contributed by atoms with Crippen LogP contribution in [-0.4, -0.2) is 84.3 Å². The van der Waals surface area contributed by atoms with Crippen molar-refractivity contribution in [1.82, 2.24) is 30.2 Å². The summed E-state index contributed by atoms with van der Waals surface area (Å²) in [5.74, 6) is -0.221. The number of pyridine rings is 1. The highest BCUT2D eigenvalue weighted by molar-refractivity contribution is 7.91. The van der Waals surface area contributed by atoms with Crippen molar-refractivity contribution in [2.75, 3.05) is 20.2 Å². The summed E-state index contributed by atoms with van der Waals surface area (Å²) in [6.45, 7) is 4.73. The molecule has 2 aliphatic heterocycles. The fourth-order valence-corrected chi connectivity index (χ4v) is 8.93. The maximum atomic E-state index is 14.1. The van der Waals surface area contributed by atoms with Crippen LogP contribution in [0.2, 0.25) is 0 Å². The van der Waals surface area contributed by atoms with E-state index < -0.39 is 50.8 Å². The van der Waals surface area contributed by atoms with Crippen molar-refractivity contribution in [2.24, 2.45) is 5.92 Å². The standard InChI is InChI=1S/C35H42N6O7S2/c1-20(2)28-19-49-32(38-28)27-16-30(25-12-9-22(47-3)14-26(25)37-27)48-23-15-29-31(42)39-35(33(43)40-50(45,46)24-10-11-24)17-21(35)8-6-4-5-7-13-36-34(44)41(29)18-23/h6,8-9,12,14,16,19-21,23-24,29H,4-5,7,10-11,13,15,17-18H2,1-3H3,(H,36,44)(H,39,42)(H,40,43)/b8-6-. The van der Waals surface area contributed by atoms with Gasteiger partial charge >= 0.3 is 6.03 Å². The fraction of sp³-hybridized carbons (Fsp3) is 0.514. The van der Waals surface area contributed by atoms with Crippen LogP contribution in [0.3, 0.4) is 0 Å². The first-order valence-electron chi connectivity index (χ1n) is 17.2. The first-order chi connectivity index (χ1) is 24.0. The summed E-state index contributed by atoms with van der Waals surface area (Å²) >= 11 is 1.50. The number of methoxy groups -OCH3 is 1. The lowest BCUT2D eigenvalue weighted by molar-refractivity contribution is -0.131. The molecule has 7 rings (SSSR count). The summed E-state index contributed by atoms with van der Waals surface area (Å²) in [5, 5.41) is 8.73. The van der Waals surface area contributed by atoms with E-state index in [9.17, 15) is 22.8 Å². The molecular weight excluding hydrogens is 681 g/mol. The third kappa shape index (κ3) is 6.89. The molecule has 4 unspecified atom stereocenters. The molecule has 3 N–H and O–H groups in total. The van der Waals surface area contributed by atoms with Crippen molar-refractivity contribution < 1.29 is 32.3 Å². The number of hydrogen-bond acceptors (Lipinski definition) is 10. The molecule has 266 valence electrons. The molecule has 1 saturated heterocycles. The van der Waals surface area contributed by atoms with Gasteiger partial charge in [-0.05, 0) is 56.6 Å². The number of nitrogens with zero attached hydrogens (tertiary/aromatic N) is 3. The van der Waals surface area contributed by atoms with Gasteiger partial charge in [0.05, 0.1) is 30.1 Å². The second-order valence-corrected chi connectivity index (χ2v) is 16.7. The van der Waals surface area contributed by atoms with Crippen molar-refractivity contribution in [2.45, 2.75) is 87.6 Å². The van der Waals surface area contributed by atoms with Gasteiger partial charge in [-0.15, -0.1) is 11.3 Å². The zero-order chi connectivity index (χ0) is 35.2. The largest absolute Gasteiger partial charge is 0.497 e. The molecule has 2 saturated carbocycles. The van der Waals surface area contributed by atoms with E-state index in [2.05, 4.69) is 29.2 Å². The van der Waals surface area contributed by atoms with Gasteiger partial charge in [0.2, 0.25) is 15.9 Å². The number of fused-ring (bicyclic) bond motifs is 3. The van der Waals surface area contributed by atoms with Crippen LogP contribution in [0.25, 0.3) is 21.6 Å². The zero-order valence-electron chi connectivity index (χ0n) is 28.3. The monoisotopic (exact) mass is 722 g/mol. The summed E-state index contributed by atoms with van der Waals surface area (Å²) < 4.78 is 39.8. The lowest BCUT2D eigenvalue weighted by Gasteiger charge is -2.26. The van der Waals surface area contributed by atoms with Crippen molar-refractivity contribution in [1.29, 1.82) is 0 Å². The normalized spacial score (nSPS) is 26.3. The molecule has 4 heterocycles. The van der Waals surface area contributed by atoms with Gasteiger partial charge in [-0.3, -0.25) is 14.3 Å². The highest BCUT2D eigenvalue weighted by Gasteiger charge is 2.62. The number of allylic oxidation sites excluding steroid dienone is 1. The Morgan fingerprint density at radius 2 is 1.98 bits per heavy atom. The molecule has 4 aliphatic rings. The second-order valence-electron chi connectivity index (χ2n) is 13.9. The van der Waals surface area contributed by atoms with E-state index >= 15 is 0 Å². The van der Waals surface area contributed by atoms with Crippen molar-refractivity contribution in [3.63, 3.8) is 0 Å². The van der Waals surface area contributed by atoms with Crippen LogP contribution < -0.4 is 24.8 Å². The molecule has 13 nitrogen and oxygen atoms in total. The van der Waals surface area contributed by atoms with Crippen LogP contribution in [0.15, 0.2) is 41.8 Å². The number of carbonyl (C=O) groups is 3. The number of amides is 4. The Morgan fingerprint density at radius 1 is 1.16 bits per heavy atom. The average molecular weight is 723 g/mol. The number of sulfonamides is 1. The van der Waals surface area contributed by atoms with E-state index in [1.807, 2.05) is 41.8 Å². The molecule has 15 heteroatoms. The second kappa shape index (κ2) is 13.5. The van der Waals surface area contributed by atoms with Gasteiger partial charge in [-0.2, -0.15) is 0 Å². The van der Waals surface area contributed by atoms with Crippen LogP contribution in [0.1, 0.15) is 70.4 Å². The lowest BCUT2D eigenvalue weighted by atomic mass is 10.1. The van der Waals surface area contributed by atoms with E-state index in [-0.39, 0.29) is 31.2 Å². The highest BCUT2D eigenvalue weighted by atomic mass is 32.2. The number of hydrogen-bond donors (Lipinski definition) is 3. The van der Waals surface area contributed by atoms with Gasteiger partial charge in [0.1, 0.15) is 39.9 Å². The number of benzene rings is 1. The molecule has 1 aromatic carbocycles. The smallest absolute Gasteiger partial charge is 0.318 e. The first-order valence-corrected chi connectivity index (χ1v) is 19.6. The topological polar surface area (TPSA) is 169 Å². The third-order valence-corrected chi connectivity index (χ3v) is 12.5. The van der Waals surface area contributed by atoms with Gasteiger partial charge in [0.15, 0.2) is 0 Å². The number of nitrogens with one attached hydrogen (secondary N) is 3. The maximum absolute atomic E-state index is 14.1. The van der Waals surface area contributed by atoms with Crippen LogP contribution in [-0.2, 0) is 19.6 Å². The Bertz CT molecular complexity index is 1960. The molecular formula is C35H42N6O7S2. The average Bonchev–Trinajstić information content (AvgIpc) is 3.96. The number of thiazole rings is 1. The van der Waals surface area contributed by atoms with Gasteiger partial charge in [0, 0.05) is 41.8 Å². The van der Waals surface area contributed by atoms with E-state index in [0.29, 0.717) is 42.1 Å². The predicted molar refractivity (Wildman–Crippen MR) is 188 cm³/mol. The molecule has 2 aliphatic carbocycles. The van der Waals surface area contributed by atoms with Gasteiger partial charge in [-0.1, -0.05) is 26.0 Å². The molecule has 2 aromatic heterocycles. The quantitative estimate of drug-likeness (QED) is 0.288. The Balaban J connectivity index is 1.18. The van der Waals surface area contributed by atoms with E-state index in [4.69, 9.17) is 19.4 Å². The summed E-state index contributed by atoms with van der Waals surface area (Å²) in [6.07, 6.45) is 6.98. The Labute approximate surface area is 295 Å². The van der Waals surface area contributed by atoms with Crippen LogP contribution in [0.4, 0.5) is 4.79 Å². The molecule has 4 atom stereocenters. The summed E-state index contributed by atoms with van der Waals surface area (Å²) in [6, 6.07) is 5.99. The van der Waals surface area contributed by atoms with Crippen molar-refractivity contribution in [3.05, 3.63) is 47.5 Å². The summed E-state index contributed by atoms with van der Waals surface area (Å²) in [4.78, 5) is 52.3. The van der Waals surface area contributed by atoms with Gasteiger partial charge in [0.25, 0.3) is 5.91 Å². The molecule has 3 aromatic rings. The molecule has 0 bridgehead atoms. The minimum absolute atomic E-state index is 0.118. The van der Waals surface area contributed by atoms with E-state index in [1.54, 1.807) is 7.11 Å². The Kier molecular flexibility index (Phi) is 9.22. The van der Waals surface area contributed by atoms with Crippen molar-refractivity contribution >= 4 is 50.1 Å². The minimum Gasteiger partial charge on any atom is -0.497 e.